The number of nitrogens with zero attached hydrogens (tertiary/aromatic N) is 2. The molecule has 0 aromatic carbocycles. The summed E-state index contributed by atoms with van der Waals surface area (Å²) in [6.45, 7) is 3.62. The smallest absolute Gasteiger partial charge is 0.205 e. The molecule has 0 aliphatic rings. The molecule has 1 aromatic rings. The minimum atomic E-state index is 0.0674. The SMILES string of the molecule is Cc1nnc(NCCOCCO)s1. The van der Waals surface area contributed by atoms with Gasteiger partial charge in [0.15, 0.2) is 0 Å². The van der Waals surface area contributed by atoms with Gasteiger partial charge < -0.3 is 15.2 Å². The summed E-state index contributed by atoms with van der Waals surface area (Å²) >= 11 is 1.51. The van der Waals surface area contributed by atoms with Gasteiger partial charge in [0.1, 0.15) is 5.01 Å². The normalized spacial score (nSPS) is 10.3. The molecular formula is C7H13N3O2S. The van der Waals surface area contributed by atoms with Crippen LogP contribution < -0.4 is 5.32 Å². The Balaban J connectivity index is 2.06. The van der Waals surface area contributed by atoms with Gasteiger partial charge >= 0.3 is 0 Å². The summed E-state index contributed by atoms with van der Waals surface area (Å²) in [6.07, 6.45) is 0. The van der Waals surface area contributed by atoms with Gasteiger partial charge in [-0.3, -0.25) is 0 Å². The van der Waals surface area contributed by atoms with Gasteiger partial charge in [-0.1, -0.05) is 11.3 Å². The second-order valence-electron chi connectivity index (χ2n) is 2.39. The lowest BCUT2D eigenvalue weighted by Crippen LogP contribution is -2.11. The van der Waals surface area contributed by atoms with Crippen LogP contribution in [-0.2, 0) is 4.74 Å². The van der Waals surface area contributed by atoms with E-state index in [1.807, 2.05) is 6.92 Å². The molecule has 1 aromatic heterocycles. The lowest BCUT2D eigenvalue weighted by Gasteiger charge is -2.01. The van der Waals surface area contributed by atoms with E-state index in [1.165, 1.54) is 11.3 Å². The summed E-state index contributed by atoms with van der Waals surface area (Å²) in [5, 5.41) is 21.0. The highest BCUT2D eigenvalue weighted by Gasteiger charge is 1.97. The Morgan fingerprint density at radius 1 is 1.46 bits per heavy atom. The number of rotatable bonds is 6. The van der Waals surface area contributed by atoms with Crippen LogP contribution in [0.1, 0.15) is 5.01 Å². The Bertz CT molecular complexity index is 241. The van der Waals surface area contributed by atoms with Gasteiger partial charge in [0, 0.05) is 6.54 Å². The summed E-state index contributed by atoms with van der Waals surface area (Å²) in [5.74, 6) is 0. The molecule has 0 unspecified atom stereocenters. The van der Waals surface area contributed by atoms with Gasteiger partial charge in [0.2, 0.25) is 5.13 Å². The number of hydrogen-bond acceptors (Lipinski definition) is 6. The Hall–Kier alpha value is -0.720. The molecule has 0 aliphatic carbocycles. The van der Waals surface area contributed by atoms with E-state index in [1.54, 1.807) is 0 Å². The van der Waals surface area contributed by atoms with E-state index in [2.05, 4.69) is 15.5 Å². The van der Waals surface area contributed by atoms with E-state index < -0.39 is 0 Å². The third kappa shape index (κ3) is 4.16. The molecule has 13 heavy (non-hydrogen) atoms. The quantitative estimate of drug-likeness (QED) is 0.649. The molecule has 1 heterocycles. The molecule has 0 bridgehead atoms. The molecule has 0 amide bonds. The lowest BCUT2D eigenvalue weighted by atomic mass is 10.7. The van der Waals surface area contributed by atoms with Crippen molar-refractivity contribution in [1.82, 2.24) is 10.2 Å². The highest BCUT2D eigenvalue weighted by Crippen LogP contribution is 2.12. The number of aryl methyl sites for hydroxylation is 1. The predicted molar refractivity (Wildman–Crippen MR) is 51.0 cm³/mol. The molecule has 0 aliphatic heterocycles. The van der Waals surface area contributed by atoms with Gasteiger partial charge in [-0.2, -0.15) is 0 Å². The standard InChI is InChI=1S/C7H13N3O2S/c1-6-9-10-7(13-6)8-2-4-12-5-3-11/h11H,2-5H2,1H3,(H,8,10). The second kappa shape index (κ2) is 5.85. The van der Waals surface area contributed by atoms with Crippen molar-refractivity contribution in [3.63, 3.8) is 0 Å². The highest BCUT2D eigenvalue weighted by atomic mass is 32.1. The Kier molecular flexibility index (Phi) is 4.66. The Morgan fingerprint density at radius 2 is 2.31 bits per heavy atom. The monoisotopic (exact) mass is 203 g/mol. The van der Waals surface area contributed by atoms with Crippen LogP contribution in [0, 0.1) is 6.92 Å². The molecule has 0 atom stereocenters. The Morgan fingerprint density at radius 3 is 2.92 bits per heavy atom. The summed E-state index contributed by atoms with van der Waals surface area (Å²) in [4.78, 5) is 0. The highest BCUT2D eigenvalue weighted by molar-refractivity contribution is 7.15. The van der Waals surface area contributed by atoms with E-state index in [0.717, 1.165) is 10.1 Å². The van der Waals surface area contributed by atoms with Crippen LogP contribution in [0.15, 0.2) is 0 Å². The maximum atomic E-state index is 8.42. The zero-order valence-electron chi connectivity index (χ0n) is 7.49. The first-order valence-electron chi connectivity index (χ1n) is 4.05. The van der Waals surface area contributed by atoms with E-state index in [9.17, 15) is 0 Å². The molecule has 1 rings (SSSR count). The molecule has 0 fully saturated rings. The van der Waals surface area contributed by atoms with Gasteiger partial charge in [-0.15, -0.1) is 10.2 Å². The molecule has 0 saturated carbocycles. The third-order valence-electron chi connectivity index (χ3n) is 1.28. The molecule has 2 N–H and O–H groups in total. The van der Waals surface area contributed by atoms with Gasteiger partial charge in [-0.25, -0.2) is 0 Å². The average molecular weight is 203 g/mol. The molecule has 0 radical (unpaired) electrons. The summed E-state index contributed by atoms with van der Waals surface area (Å²) in [6, 6.07) is 0. The lowest BCUT2D eigenvalue weighted by molar-refractivity contribution is 0.0992. The maximum Gasteiger partial charge on any atom is 0.205 e. The molecule has 5 nitrogen and oxygen atoms in total. The average Bonchev–Trinajstić information content (AvgIpc) is 2.51. The topological polar surface area (TPSA) is 67.3 Å². The first kappa shape index (κ1) is 10.4. The second-order valence-corrected chi connectivity index (χ2v) is 3.57. The summed E-state index contributed by atoms with van der Waals surface area (Å²) < 4.78 is 5.06. The Labute approximate surface area is 80.8 Å². The predicted octanol–water partition coefficient (Wildman–Crippen LogP) is 0.267. The fourth-order valence-electron chi connectivity index (χ4n) is 0.765. The van der Waals surface area contributed by atoms with Crippen LogP contribution in [-0.4, -0.2) is 41.7 Å². The molecular weight excluding hydrogens is 190 g/mol. The van der Waals surface area contributed by atoms with Crippen molar-refractivity contribution in [2.24, 2.45) is 0 Å². The molecule has 74 valence electrons. The first-order chi connectivity index (χ1) is 6.33. The van der Waals surface area contributed by atoms with Crippen LogP contribution in [0.25, 0.3) is 0 Å². The number of ether oxygens (including phenoxy) is 1. The number of aromatic nitrogens is 2. The van der Waals surface area contributed by atoms with Crippen molar-refractivity contribution in [1.29, 1.82) is 0 Å². The number of aliphatic hydroxyl groups is 1. The molecule has 0 saturated heterocycles. The number of anilines is 1. The number of nitrogens with one attached hydrogen (secondary N) is 1. The number of hydrogen-bond donors (Lipinski definition) is 2. The maximum absolute atomic E-state index is 8.42. The van der Waals surface area contributed by atoms with Crippen molar-refractivity contribution < 1.29 is 9.84 Å². The fourth-order valence-corrected chi connectivity index (χ4v) is 1.38. The largest absolute Gasteiger partial charge is 0.394 e. The number of aliphatic hydroxyl groups excluding tert-OH is 1. The van der Waals surface area contributed by atoms with Gasteiger partial charge in [0.25, 0.3) is 0 Å². The summed E-state index contributed by atoms with van der Waals surface area (Å²) in [7, 11) is 0. The molecule has 0 spiro atoms. The van der Waals surface area contributed by atoms with Crippen LogP contribution in [0.4, 0.5) is 5.13 Å². The van der Waals surface area contributed by atoms with Crippen LogP contribution in [0.3, 0.4) is 0 Å². The zero-order valence-corrected chi connectivity index (χ0v) is 8.30. The van der Waals surface area contributed by atoms with Crippen LogP contribution >= 0.6 is 11.3 Å². The third-order valence-corrected chi connectivity index (χ3v) is 2.08. The van der Waals surface area contributed by atoms with Crippen molar-refractivity contribution in [2.45, 2.75) is 6.92 Å². The minimum absolute atomic E-state index is 0.0674. The van der Waals surface area contributed by atoms with E-state index in [0.29, 0.717) is 19.8 Å². The van der Waals surface area contributed by atoms with Gasteiger partial charge in [-0.05, 0) is 6.92 Å². The minimum Gasteiger partial charge on any atom is -0.394 e. The fraction of sp³-hybridized carbons (Fsp3) is 0.714. The van der Waals surface area contributed by atoms with Crippen LogP contribution in [0.5, 0.6) is 0 Å². The van der Waals surface area contributed by atoms with Crippen molar-refractivity contribution in [2.75, 3.05) is 31.7 Å². The van der Waals surface area contributed by atoms with Crippen molar-refractivity contribution in [3.8, 4) is 0 Å². The van der Waals surface area contributed by atoms with Gasteiger partial charge in [0.05, 0.1) is 19.8 Å². The van der Waals surface area contributed by atoms with Crippen molar-refractivity contribution >= 4 is 16.5 Å². The van der Waals surface area contributed by atoms with E-state index in [4.69, 9.17) is 9.84 Å². The van der Waals surface area contributed by atoms with E-state index in [-0.39, 0.29) is 6.61 Å². The van der Waals surface area contributed by atoms with Crippen molar-refractivity contribution in [3.05, 3.63) is 5.01 Å². The first-order valence-corrected chi connectivity index (χ1v) is 4.87. The van der Waals surface area contributed by atoms with E-state index >= 15 is 0 Å². The summed E-state index contributed by atoms with van der Waals surface area (Å²) in [5.41, 5.74) is 0. The van der Waals surface area contributed by atoms with Crippen LogP contribution in [0.2, 0.25) is 0 Å². The zero-order chi connectivity index (χ0) is 9.52. The molecule has 6 heteroatoms.